The molecule has 1 aromatic heterocycles. The number of allylic oxidation sites excluding steroid dienone is 5. The number of rotatable bonds is 7. The number of hydrogen-bond acceptors (Lipinski definition) is 2. The lowest BCUT2D eigenvalue weighted by molar-refractivity contribution is 0.722. The molecule has 0 saturated carbocycles. The molecule has 2 atom stereocenters. The SMILES string of the molecule is C/C=C\C=C/C.CC1C=Cc2c(c3ccccc3c3ccc(-n4c5ccccc5c5cc(-c6ccc(-c7ccc8cc(C9%10C=C9C(c9ccccc9)=NC(c9ccccc9)=N%10)c9ccccc9c8c7)cc6)ccc54)cc23)C1. The van der Waals surface area contributed by atoms with Crippen molar-refractivity contribution in [3.63, 3.8) is 0 Å². The Morgan fingerprint density at radius 1 is 0.468 bits per heavy atom. The first kappa shape index (κ1) is 46.1. The largest absolute Gasteiger partial charge is 0.309 e. The maximum absolute atomic E-state index is 5.47. The van der Waals surface area contributed by atoms with Crippen LogP contribution in [-0.4, -0.2) is 16.1 Å². The number of nitrogens with zero attached hydrogens (tertiary/aromatic N) is 3. The van der Waals surface area contributed by atoms with Gasteiger partial charge in [-0.3, -0.25) is 0 Å². The van der Waals surface area contributed by atoms with Gasteiger partial charge in [-0.15, -0.1) is 0 Å². The van der Waals surface area contributed by atoms with Crippen LogP contribution in [0.3, 0.4) is 0 Å². The molecular formula is C74H55N3. The molecule has 2 heterocycles. The second-order valence-corrected chi connectivity index (χ2v) is 20.8. The summed E-state index contributed by atoms with van der Waals surface area (Å²) in [4.78, 5) is 10.7. The second-order valence-electron chi connectivity index (χ2n) is 20.8. The minimum Gasteiger partial charge on any atom is -0.309 e. The molecule has 0 N–H and O–H groups in total. The highest BCUT2D eigenvalue weighted by molar-refractivity contribution is 6.27. The van der Waals surface area contributed by atoms with Crippen molar-refractivity contribution in [1.82, 2.24) is 4.57 Å². The van der Waals surface area contributed by atoms with Gasteiger partial charge in [-0.1, -0.05) is 219 Å². The highest BCUT2D eigenvalue weighted by Crippen LogP contribution is 2.55. The molecule has 0 fully saturated rings. The molecule has 0 radical (unpaired) electrons. The molecule has 0 spiro atoms. The standard InChI is InChI=1S/C68H45N3.C6H10/c1-42-24-33-55-59(36-42)52-19-9-8-18-51(52)54-34-32-50(40-60(54)55)71-64-23-13-12-22-57(64)61-38-48(31-35-65(61)71)44-27-25-43(26-28-44)47-29-30-49-39-62(56-21-11-10-20-53(56)58(49)37-47)68-41-63(68)66(45-14-4-2-5-15-45)69-67(70-68)46-16-6-3-7-17-46;1-3-5-6-4-2/h2-35,37-42H,36H2,1H3;3-6H,1-2H3/b;5-3-,6-4-. The zero-order valence-corrected chi connectivity index (χ0v) is 43.5. The fraction of sp³-hybridized carbons (Fsp3) is 0.0811. The van der Waals surface area contributed by atoms with Crippen molar-refractivity contribution in [2.75, 3.05) is 0 Å². The van der Waals surface area contributed by atoms with Crippen molar-refractivity contribution in [3.8, 4) is 27.9 Å². The van der Waals surface area contributed by atoms with E-state index in [1.54, 1.807) is 0 Å². The van der Waals surface area contributed by atoms with Gasteiger partial charge in [0.05, 0.1) is 16.7 Å². The van der Waals surface area contributed by atoms with E-state index in [9.17, 15) is 0 Å². The Balaban J connectivity index is 0.000000854. The van der Waals surface area contributed by atoms with Gasteiger partial charge in [0.15, 0.2) is 5.84 Å². The van der Waals surface area contributed by atoms with Crippen molar-refractivity contribution in [2.24, 2.45) is 15.9 Å². The normalized spacial score (nSPS) is 16.7. The number of para-hydroxylation sites is 1. The Labute approximate surface area is 449 Å². The highest BCUT2D eigenvalue weighted by atomic mass is 15.1. The first-order valence-corrected chi connectivity index (χ1v) is 27.0. The summed E-state index contributed by atoms with van der Waals surface area (Å²) in [5.41, 5.74) is 16.1. The van der Waals surface area contributed by atoms with Gasteiger partial charge < -0.3 is 4.57 Å². The van der Waals surface area contributed by atoms with E-state index in [1.165, 1.54) is 115 Å². The lowest BCUT2D eigenvalue weighted by Gasteiger charge is -2.24. The Bertz CT molecular complexity index is 4530. The molecule has 366 valence electrons. The van der Waals surface area contributed by atoms with Crippen LogP contribution in [0.25, 0.3) is 98.9 Å². The molecule has 3 aliphatic rings. The number of benzene rings is 11. The molecule has 0 amide bonds. The first-order valence-electron chi connectivity index (χ1n) is 27.0. The third-order valence-corrected chi connectivity index (χ3v) is 16.0. The topological polar surface area (TPSA) is 29.6 Å². The van der Waals surface area contributed by atoms with Crippen LogP contribution < -0.4 is 0 Å². The van der Waals surface area contributed by atoms with E-state index in [1.807, 2.05) is 44.2 Å². The average molecular weight is 986 g/mol. The van der Waals surface area contributed by atoms with Crippen molar-refractivity contribution in [3.05, 3.63) is 288 Å². The summed E-state index contributed by atoms with van der Waals surface area (Å²) in [7, 11) is 0. The lowest BCUT2D eigenvalue weighted by Crippen LogP contribution is -2.22. The predicted molar refractivity (Wildman–Crippen MR) is 329 cm³/mol. The van der Waals surface area contributed by atoms with Crippen LogP contribution in [0.2, 0.25) is 0 Å². The van der Waals surface area contributed by atoms with Crippen LogP contribution in [0, 0.1) is 5.92 Å². The van der Waals surface area contributed by atoms with Crippen LogP contribution in [-0.2, 0) is 12.0 Å². The van der Waals surface area contributed by atoms with Gasteiger partial charge in [0.1, 0.15) is 5.54 Å². The van der Waals surface area contributed by atoms with Gasteiger partial charge in [-0.2, -0.15) is 0 Å². The Kier molecular flexibility index (Phi) is 11.2. The molecule has 15 rings (SSSR count). The molecule has 77 heavy (non-hydrogen) atoms. The summed E-state index contributed by atoms with van der Waals surface area (Å²) < 4.78 is 2.46. The molecule has 12 aromatic rings. The average Bonchev–Trinajstić information content (AvgIpc) is 4.28. The predicted octanol–water partition coefficient (Wildman–Crippen LogP) is 19.2. The molecule has 3 nitrogen and oxygen atoms in total. The van der Waals surface area contributed by atoms with Gasteiger partial charge in [-0.25, -0.2) is 9.98 Å². The number of aliphatic imine (C=N–C) groups is 2. The number of amidine groups is 1. The van der Waals surface area contributed by atoms with E-state index in [4.69, 9.17) is 9.98 Å². The maximum atomic E-state index is 5.47. The van der Waals surface area contributed by atoms with Crippen molar-refractivity contribution in [1.29, 1.82) is 0 Å². The number of hydrogen-bond donors (Lipinski definition) is 0. The van der Waals surface area contributed by atoms with E-state index in [0.29, 0.717) is 5.92 Å². The molecule has 3 heteroatoms. The van der Waals surface area contributed by atoms with Crippen molar-refractivity contribution < 1.29 is 0 Å². The van der Waals surface area contributed by atoms with Gasteiger partial charge in [0.2, 0.25) is 0 Å². The minimum absolute atomic E-state index is 0.524. The second kappa shape index (κ2) is 18.7. The van der Waals surface area contributed by atoms with Crippen LogP contribution >= 0.6 is 0 Å². The van der Waals surface area contributed by atoms with E-state index in [2.05, 4.69) is 242 Å². The summed E-state index contributed by atoms with van der Waals surface area (Å²) in [6, 6.07) is 80.1. The van der Waals surface area contributed by atoms with E-state index < -0.39 is 5.54 Å². The van der Waals surface area contributed by atoms with Crippen LogP contribution in [0.15, 0.2) is 270 Å². The smallest absolute Gasteiger partial charge is 0.156 e. The summed E-state index contributed by atoms with van der Waals surface area (Å²) in [6.07, 6.45) is 16.1. The summed E-state index contributed by atoms with van der Waals surface area (Å²) >= 11 is 0. The van der Waals surface area contributed by atoms with E-state index in [0.717, 1.165) is 29.1 Å². The molecule has 11 aromatic carbocycles. The third kappa shape index (κ3) is 7.80. The molecule has 0 saturated heterocycles. The fourth-order valence-electron chi connectivity index (χ4n) is 12.3. The fourth-order valence-corrected chi connectivity index (χ4v) is 12.3. The van der Waals surface area contributed by atoms with Crippen LogP contribution in [0.5, 0.6) is 0 Å². The molecule has 2 unspecified atom stereocenters. The number of aromatic nitrogens is 1. The summed E-state index contributed by atoms with van der Waals surface area (Å²) in [5.74, 6) is 1.28. The lowest BCUT2D eigenvalue weighted by atomic mass is 9.83. The van der Waals surface area contributed by atoms with E-state index in [-0.39, 0.29) is 0 Å². The minimum atomic E-state index is -0.583. The zero-order valence-electron chi connectivity index (χ0n) is 43.5. The van der Waals surface area contributed by atoms with Gasteiger partial charge >= 0.3 is 0 Å². The zero-order chi connectivity index (χ0) is 51.6. The monoisotopic (exact) mass is 985 g/mol. The number of fused-ring (bicyclic) bond motifs is 13. The maximum Gasteiger partial charge on any atom is 0.156 e. The summed E-state index contributed by atoms with van der Waals surface area (Å²) in [6.45, 7) is 6.32. The van der Waals surface area contributed by atoms with Gasteiger partial charge in [0, 0.05) is 33.2 Å². The molecular weight excluding hydrogens is 931 g/mol. The van der Waals surface area contributed by atoms with Crippen LogP contribution in [0.1, 0.15) is 48.6 Å². The van der Waals surface area contributed by atoms with Gasteiger partial charge in [0.25, 0.3) is 0 Å². The van der Waals surface area contributed by atoms with Crippen molar-refractivity contribution in [2.45, 2.75) is 32.7 Å². The Morgan fingerprint density at radius 2 is 1.04 bits per heavy atom. The van der Waals surface area contributed by atoms with Crippen molar-refractivity contribution >= 4 is 82.5 Å². The Hall–Kier alpha value is -9.44. The Morgan fingerprint density at radius 3 is 1.75 bits per heavy atom. The third-order valence-electron chi connectivity index (χ3n) is 16.0. The molecule has 2 aliphatic carbocycles. The van der Waals surface area contributed by atoms with E-state index >= 15 is 0 Å². The first-order chi connectivity index (χ1) is 38.0. The quantitative estimate of drug-likeness (QED) is 0.113. The van der Waals surface area contributed by atoms with Crippen LogP contribution in [0.4, 0.5) is 0 Å². The molecule has 1 aliphatic heterocycles. The summed E-state index contributed by atoms with van der Waals surface area (Å²) in [5, 5.41) is 12.7. The molecule has 0 bridgehead atoms. The highest BCUT2D eigenvalue weighted by Gasteiger charge is 2.52. The van der Waals surface area contributed by atoms with Gasteiger partial charge in [-0.05, 0) is 157 Å².